The average molecular weight is 270 g/mol. The molecule has 0 aliphatic heterocycles. The van der Waals surface area contributed by atoms with Gasteiger partial charge in [-0.15, -0.1) is 0 Å². The lowest BCUT2D eigenvalue weighted by Gasteiger charge is -2.30. The molecular formula is C12H22N4O3. The molecule has 0 amide bonds. The quantitative estimate of drug-likeness (QED) is 0.487. The Morgan fingerprint density at radius 2 is 1.63 bits per heavy atom. The van der Waals surface area contributed by atoms with E-state index < -0.39 is 25.4 Å². The van der Waals surface area contributed by atoms with Gasteiger partial charge in [0.2, 0.25) is 0 Å². The third-order valence-electron chi connectivity index (χ3n) is 2.72. The molecule has 0 bridgehead atoms. The van der Waals surface area contributed by atoms with Crippen molar-refractivity contribution in [2.45, 2.75) is 31.7 Å². The molecule has 0 atom stereocenters. The van der Waals surface area contributed by atoms with Gasteiger partial charge in [0.1, 0.15) is 23.0 Å². The van der Waals surface area contributed by atoms with Crippen LogP contribution in [0.1, 0.15) is 26.6 Å². The molecule has 6 N–H and O–H groups in total. The molecule has 0 aromatic carbocycles. The van der Waals surface area contributed by atoms with Crippen LogP contribution in [0, 0.1) is 0 Å². The van der Waals surface area contributed by atoms with Gasteiger partial charge in [0.15, 0.2) is 0 Å². The van der Waals surface area contributed by atoms with Gasteiger partial charge in [0, 0.05) is 11.5 Å². The first-order chi connectivity index (χ1) is 8.76. The summed E-state index contributed by atoms with van der Waals surface area (Å²) in [6.07, 6.45) is 0. The molecule has 0 radical (unpaired) electrons. The van der Waals surface area contributed by atoms with Crippen molar-refractivity contribution in [2.24, 2.45) is 0 Å². The van der Waals surface area contributed by atoms with Gasteiger partial charge in [0.05, 0.1) is 19.8 Å². The highest BCUT2D eigenvalue weighted by molar-refractivity contribution is 5.47. The van der Waals surface area contributed by atoms with E-state index in [2.05, 4.69) is 15.3 Å². The Morgan fingerprint density at radius 1 is 1.11 bits per heavy atom. The number of hydrogen-bond donors (Lipinski definition) is 5. The third-order valence-corrected chi connectivity index (χ3v) is 2.72. The molecule has 19 heavy (non-hydrogen) atoms. The number of aliphatic hydroxyl groups excluding tert-OH is 3. The van der Waals surface area contributed by atoms with E-state index in [1.807, 2.05) is 20.8 Å². The van der Waals surface area contributed by atoms with Crippen molar-refractivity contribution in [1.82, 2.24) is 9.97 Å². The molecule has 1 heterocycles. The van der Waals surface area contributed by atoms with Gasteiger partial charge < -0.3 is 26.4 Å². The van der Waals surface area contributed by atoms with Crippen LogP contribution in [-0.4, -0.2) is 50.6 Å². The van der Waals surface area contributed by atoms with Crippen LogP contribution in [0.15, 0.2) is 6.07 Å². The molecule has 108 valence electrons. The Morgan fingerprint density at radius 3 is 2.05 bits per heavy atom. The van der Waals surface area contributed by atoms with Crippen LogP contribution in [0.25, 0.3) is 0 Å². The number of hydrogen-bond acceptors (Lipinski definition) is 7. The summed E-state index contributed by atoms with van der Waals surface area (Å²) in [5.74, 6) is 1.18. The van der Waals surface area contributed by atoms with Gasteiger partial charge in [-0.25, -0.2) is 9.97 Å². The van der Waals surface area contributed by atoms with E-state index in [9.17, 15) is 15.3 Å². The highest BCUT2D eigenvalue weighted by Crippen LogP contribution is 2.22. The number of aliphatic hydroxyl groups is 3. The van der Waals surface area contributed by atoms with Gasteiger partial charge in [-0.3, -0.25) is 0 Å². The second-order valence-electron chi connectivity index (χ2n) is 5.63. The van der Waals surface area contributed by atoms with Crippen LogP contribution < -0.4 is 11.1 Å². The number of rotatable bonds is 5. The molecule has 0 saturated heterocycles. The number of nitrogens with zero attached hydrogens (tertiary/aromatic N) is 2. The first-order valence-electron chi connectivity index (χ1n) is 6.02. The van der Waals surface area contributed by atoms with Gasteiger partial charge >= 0.3 is 0 Å². The first kappa shape index (κ1) is 15.6. The Labute approximate surface area is 112 Å². The van der Waals surface area contributed by atoms with E-state index in [1.54, 1.807) is 0 Å². The summed E-state index contributed by atoms with van der Waals surface area (Å²) in [5, 5.41) is 30.7. The molecular weight excluding hydrogens is 248 g/mol. The normalized spacial score (nSPS) is 12.5. The highest BCUT2D eigenvalue weighted by atomic mass is 16.3. The fourth-order valence-electron chi connectivity index (χ4n) is 1.41. The van der Waals surface area contributed by atoms with Crippen LogP contribution in [0.3, 0.4) is 0 Å². The topological polar surface area (TPSA) is 125 Å². The highest BCUT2D eigenvalue weighted by Gasteiger charge is 2.29. The first-order valence-corrected chi connectivity index (χ1v) is 6.02. The van der Waals surface area contributed by atoms with E-state index in [0.29, 0.717) is 11.6 Å². The van der Waals surface area contributed by atoms with Crippen molar-refractivity contribution in [3.63, 3.8) is 0 Å². The van der Waals surface area contributed by atoms with E-state index in [-0.39, 0.29) is 11.2 Å². The molecule has 0 saturated carbocycles. The zero-order valence-corrected chi connectivity index (χ0v) is 11.5. The molecule has 7 nitrogen and oxygen atoms in total. The largest absolute Gasteiger partial charge is 0.394 e. The molecule has 0 fully saturated rings. The van der Waals surface area contributed by atoms with E-state index in [0.717, 1.165) is 0 Å². The van der Waals surface area contributed by atoms with Crippen molar-refractivity contribution >= 4 is 11.6 Å². The molecule has 0 spiro atoms. The van der Waals surface area contributed by atoms with Crippen molar-refractivity contribution < 1.29 is 15.3 Å². The predicted molar refractivity (Wildman–Crippen MR) is 72.8 cm³/mol. The van der Waals surface area contributed by atoms with Gasteiger partial charge in [-0.2, -0.15) is 0 Å². The van der Waals surface area contributed by atoms with Crippen LogP contribution in [-0.2, 0) is 5.41 Å². The molecule has 1 aromatic heterocycles. The minimum Gasteiger partial charge on any atom is -0.394 e. The average Bonchev–Trinajstić information content (AvgIpc) is 2.34. The fraction of sp³-hybridized carbons (Fsp3) is 0.667. The number of nitrogen functional groups attached to an aromatic ring is 1. The van der Waals surface area contributed by atoms with Gasteiger partial charge in [0.25, 0.3) is 0 Å². The van der Waals surface area contributed by atoms with Crippen LogP contribution in [0.4, 0.5) is 11.6 Å². The van der Waals surface area contributed by atoms with Crippen molar-refractivity contribution in [2.75, 3.05) is 30.9 Å². The summed E-state index contributed by atoms with van der Waals surface area (Å²) in [6, 6.07) is 1.49. The summed E-state index contributed by atoms with van der Waals surface area (Å²) in [7, 11) is 0. The standard InChI is InChI=1S/C12H22N4O3/c1-11(2,3)10-14-8(13)4-9(15-10)16-12(5-17,6-18)7-19/h4,17-19H,5-7H2,1-3H3,(H3,13,14,15,16). The Balaban J connectivity index is 3.11. The second-order valence-corrected chi connectivity index (χ2v) is 5.63. The number of nitrogens with two attached hydrogens (primary N) is 1. The lowest BCUT2D eigenvalue weighted by Crippen LogP contribution is -2.49. The number of anilines is 2. The van der Waals surface area contributed by atoms with E-state index in [4.69, 9.17) is 5.73 Å². The minimum absolute atomic E-state index is 0.283. The van der Waals surface area contributed by atoms with Crippen molar-refractivity contribution in [3.05, 3.63) is 11.9 Å². The monoisotopic (exact) mass is 270 g/mol. The summed E-state index contributed by atoms with van der Waals surface area (Å²) in [5.41, 5.74) is 4.19. The number of aromatic nitrogens is 2. The molecule has 0 aliphatic carbocycles. The third kappa shape index (κ3) is 3.76. The molecule has 1 aromatic rings. The predicted octanol–water partition coefficient (Wildman–Crippen LogP) is -0.516. The molecule has 7 heteroatoms. The SMILES string of the molecule is CC(C)(C)c1nc(N)cc(NC(CO)(CO)CO)n1. The summed E-state index contributed by atoms with van der Waals surface area (Å²) < 4.78 is 0. The number of nitrogens with one attached hydrogen (secondary N) is 1. The Hall–Kier alpha value is -1.44. The lowest BCUT2D eigenvalue weighted by atomic mass is 9.95. The van der Waals surface area contributed by atoms with Crippen LogP contribution in [0.5, 0.6) is 0 Å². The maximum Gasteiger partial charge on any atom is 0.138 e. The van der Waals surface area contributed by atoms with Crippen molar-refractivity contribution in [1.29, 1.82) is 0 Å². The van der Waals surface area contributed by atoms with E-state index >= 15 is 0 Å². The molecule has 0 unspecified atom stereocenters. The minimum atomic E-state index is -1.24. The zero-order valence-electron chi connectivity index (χ0n) is 11.5. The maximum atomic E-state index is 9.28. The lowest BCUT2D eigenvalue weighted by molar-refractivity contribution is 0.0830. The summed E-state index contributed by atoms with van der Waals surface area (Å²) in [4.78, 5) is 8.45. The van der Waals surface area contributed by atoms with Gasteiger partial charge in [-0.1, -0.05) is 20.8 Å². The second kappa shape index (κ2) is 5.68. The summed E-state index contributed by atoms with van der Waals surface area (Å²) in [6.45, 7) is 4.53. The molecule has 0 aliphatic rings. The Kier molecular flexibility index (Phi) is 4.67. The van der Waals surface area contributed by atoms with Crippen molar-refractivity contribution in [3.8, 4) is 0 Å². The molecule has 1 rings (SSSR count). The summed E-state index contributed by atoms with van der Waals surface area (Å²) >= 11 is 0. The van der Waals surface area contributed by atoms with Gasteiger partial charge in [-0.05, 0) is 0 Å². The van der Waals surface area contributed by atoms with Crippen LogP contribution in [0.2, 0.25) is 0 Å². The van der Waals surface area contributed by atoms with Crippen LogP contribution >= 0.6 is 0 Å². The fourth-order valence-corrected chi connectivity index (χ4v) is 1.41. The van der Waals surface area contributed by atoms with E-state index in [1.165, 1.54) is 6.07 Å². The maximum absolute atomic E-state index is 9.28. The zero-order chi connectivity index (χ0) is 14.7. The smallest absolute Gasteiger partial charge is 0.138 e. The Bertz CT molecular complexity index is 419.